The topological polar surface area (TPSA) is 82.7 Å². The molecule has 5 nitrogen and oxygen atoms in total. The Morgan fingerprint density at radius 3 is 2.63 bits per heavy atom. The summed E-state index contributed by atoms with van der Waals surface area (Å²) < 4.78 is 1.79. The number of aromatic nitrogens is 1. The Bertz CT molecular complexity index is 672. The lowest BCUT2D eigenvalue weighted by molar-refractivity contribution is 0.103. The van der Waals surface area contributed by atoms with E-state index < -0.39 is 0 Å². The number of ketones is 1. The number of phenolic OH excluding ortho intramolecular Hbond substituents is 2. The van der Waals surface area contributed by atoms with E-state index in [1.807, 2.05) is 0 Å². The summed E-state index contributed by atoms with van der Waals surface area (Å²) in [5, 5.41) is 28.2. The summed E-state index contributed by atoms with van der Waals surface area (Å²) in [5.41, 5.74) is 2.30. The van der Waals surface area contributed by atoms with Crippen LogP contribution in [0.4, 0.5) is 0 Å². The number of phenols is 2. The predicted octanol–water partition coefficient (Wildman–Crippen LogP) is 1.18. The van der Waals surface area contributed by atoms with Crippen LogP contribution < -0.4 is 0 Å². The number of fused-ring (bicyclic) bond motifs is 2. The number of hydrogen-bond acceptors (Lipinski definition) is 4. The van der Waals surface area contributed by atoms with Crippen LogP contribution in [-0.4, -0.2) is 25.7 Å². The van der Waals surface area contributed by atoms with Crippen molar-refractivity contribution in [1.82, 2.24) is 4.57 Å². The molecule has 1 aromatic carbocycles. The van der Waals surface area contributed by atoms with Crippen molar-refractivity contribution in [3.63, 3.8) is 0 Å². The molecule has 1 aliphatic rings. The van der Waals surface area contributed by atoms with Crippen molar-refractivity contribution in [1.29, 1.82) is 0 Å². The Morgan fingerprint density at radius 2 is 1.89 bits per heavy atom. The fraction of sp³-hybridized carbons (Fsp3) is 0.214. The molecule has 1 aliphatic heterocycles. The van der Waals surface area contributed by atoms with Gasteiger partial charge < -0.3 is 19.9 Å². The summed E-state index contributed by atoms with van der Waals surface area (Å²) in [6.45, 7) is 0.485. The highest BCUT2D eigenvalue weighted by Gasteiger charge is 2.23. The molecule has 0 unspecified atom stereocenters. The number of nitrogens with zero attached hydrogens (tertiary/aromatic N) is 1. The van der Waals surface area contributed by atoms with Gasteiger partial charge in [0.25, 0.3) is 0 Å². The maximum absolute atomic E-state index is 12.4. The third-order valence-corrected chi connectivity index (χ3v) is 3.44. The quantitative estimate of drug-likeness (QED) is 0.671. The molecule has 0 bridgehead atoms. The van der Waals surface area contributed by atoms with Gasteiger partial charge in [0.1, 0.15) is 0 Å². The number of carbonyl (C=O) groups is 1. The molecular formula is C14H13NO4. The highest BCUT2D eigenvalue weighted by Crippen LogP contribution is 2.32. The van der Waals surface area contributed by atoms with E-state index in [2.05, 4.69) is 0 Å². The predicted molar refractivity (Wildman–Crippen MR) is 67.3 cm³/mol. The molecule has 19 heavy (non-hydrogen) atoms. The van der Waals surface area contributed by atoms with Gasteiger partial charge in [-0.1, -0.05) is 0 Å². The Hall–Kier alpha value is -2.27. The number of aliphatic hydroxyl groups excluding tert-OH is 1. The Morgan fingerprint density at radius 1 is 1.16 bits per heavy atom. The maximum Gasteiger partial charge on any atom is 0.209 e. The normalized spacial score (nSPS) is 13.8. The molecule has 0 radical (unpaired) electrons. The van der Waals surface area contributed by atoms with Gasteiger partial charge in [-0.15, -0.1) is 0 Å². The molecule has 0 saturated carbocycles. The highest BCUT2D eigenvalue weighted by molar-refractivity contribution is 6.09. The first kappa shape index (κ1) is 11.8. The third-order valence-electron chi connectivity index (χ3n) is 3.44. The van der Waals surface area contributed by atoms with Crippen molar-refractivity contribution in [2.45, 2.75) is 19.6 Å². The third kappa shape index (κ3) is 1.79. The molecular weight excluding hydrogens is 246 g/mol. The maximum atomic E-state index is 12.4. The van der Waals surface area contributed by atoms with Gasteiger partial charge >= 0.3 is 0 Å². The minimum Gasteiger partial charge on any atom is -0.504 e. The van der Waals surface area contributed by atoms with E-state index >= 15 is 0 Å². The van der Waals surface area contributed by atoms with Crippen molar-refractivity contribution < 1.29 is 20.1 Å². The molecule has 98 valence electrons. The molecule has 5 heteroatoms. The second kappa shape index (κ2) is 4.13. The zero-order valence-electron chi connectivity index (χ0n) is 10.1. The molecule has 0 spiro atoms. The lowest BCUT2D eigenvalue weighted by atomic mass is 9.99. The van der Waals surface area contributed by atoms with Crippen molar-refractivity contribution in [2.24, 2.45) is 0 Å². The number of aliphatic hydroxyl groups is 1. The van der Waals surface area contributed by atoms with E-state index in [0.717, 1.165) is 5.56 Å². The molecule has 0 atom stereocenters. The monoisotopic (exact) mass is 259 g/mol. The molecule has 1 aromatic heterocycles. The zero-order chi connectivity index (χ0) is 13.6. The van der Waals surface area contributed by atoms with Crippen LogP contribution in [0.2, 0.25) is 0 Å². The van der Waals surface area contributed by atoms with Crippen LogP contribution in [0.15, 0.2) is 24.4 Å². The first-order valence-corrected chi connectivity index (χ1v) is 5.99. The van der Waals surface area contributed by atoms with Gasteiger partial charge in [-0.2, -0.15) is 0 Å². The molecule has 0 fully saturated rings. The molecule has 3 rings (SSSR count). The largest absolute Gasteiger partial charge is 0.504 e. The number of aromatic hydroxyl groups is 2. The first-order valence-electron chi connectivity index (χ1n) is 5.99. The second-order valence-corrected chi connectivity index (χ2v) is 4.66. The molecule has 3 N–H and O–H groups in total. The van der Waals surface area contributed by atoms with E-state index in [1.165, 1.54) is 12.1 Å². The van der Waals surface area contributed by atoms with Crippen LogP contribution in [0, 0.1) is 0 Å². The smallest absolute Gasteiger partial charge is 0.209 e. The minimum atomic E-state index is -0.297. The molecule has 2 heterocycles. The molecule has 0 aliphatic carbocycles. The van der Waals surface area contributed by atoms with Gasteiger partial charge in [0, 0.05) is 18.3 Å². The van der Waals surface area contributed by atoms with Crippen LogP contribution in [0.25, 0.3) is 0 Å². The van der Waals surface area contributed by atoms with E-state index in [0.29, 0.717) is 29.8 Å². The molecule has 0 amide bonds. The average Bonchev–Trinajstić information content (AvgIpc) is 2.77. The van der Waals surface area contributed by atoms with Crippen LogP contribution in [-0.2, 0) is 19.6 Å². The van der Waals surface area contributed by atoms with Gasteiger partial charge in [0.2, 0.25) is 5.78 Å². The van der Waals surface area contributed by atoms with Crippen LogP contribution in [0.1, 0.15) is 27.2 Å². The van der Waals surface area contributed by atoms with Crippen molar-refractivity contribution >= 4 is 5.78 Å². The minimum absolute atomic E-state index is 0.110. The van der Waals surface area contributed by atoms with Crippen LogP contribution in [0.5, 0.6) is 11.5 Å². The Balaban J connectivity index is 2.16. The van der Waals surface area contributed by atoms with Crippen LogP contribution in [0.3, 0.4) is 0 Å². The summed E-state index contributed by atoms with van der Waals surface area (Å²) in [5.74, 6) is -0.717. The number of aryl methyl sites for hydroxylation is 2. The van der Waals surface area contributed by atoms with Gasteiger partial charge in [-0.25, -0.2) is 0 Å². The number of rotatable bonds is 1. The Labute approximate surface area is 109 Å². The first-order chi connectivity index (χ1) is 9.10. The summed E-state index contributed by atoms with van der Waals surface area (Å²) in [6, 6.07) is 4.39. The number of hydrogen-bond donors (Lipinski definition) is 3. The lowest BCUT2D eigenvalue weighted by Crippen LogP contribution is -2.06. The summed E-state index contributed by atoms with van der Waals surface area (Å²) in [7, 11) is 0. The molecule has 0 saturated heterocycles. The SMILES string of the molecule is O=C1c2cc(O)c(O)cc2CCn2cc(CO)cc21. The van der Waals surface area contributed by atoms with Crippen molar-refractivity contribution in [2.75, 3.05) is 0 Å². The van der Waals surface area contributed by atoms with Crippen LogP contribution >= 0.6 is 0 Å². The van der Waals surface area contributed by atoms with E-state index in [9.17, 15) is 15.0 Å². The van der Waals surface area contributed by atoms with Gasteiger partial charge in [0.05, 0.1) is 12.3 Å². The second-order valence-electron chi connectivity index (χ2n) is 4.66. The fourth-order valence-corrected chi connectivity index (χ4v) is 2.45. The van der Waals surface area contributed by atoms with Gasteiger partial charge in [-0.05, 0) is 35.7 Å². The number of benzene rings is 1. The standard InChI is InChI=1S/C14H13NO4/c16-7-8-3-11-14(19)10-5-13(18)12(17)4-9(10)1-2-15(11)6-8/h3-6,16-18H,1-2,7H2. The van der Waals surface area contributed by atoms with E-state index in [4.69, 9.17) is 5.11 Å². The van der Waals surface area contributed by atoms with Crippen molar-refractivity contribution in [3.05, 3.63) is 46.8 Å². The highest BCUT2D eigenvalue weighted by atomic mass is 16.3. The zero-order valence-corrected chi connectivity index (χ0v) is 10.1. The average molecular weight is 259 g/mol. The lowest BCUT2D eigenvalue weighted by Gasteiger charge is -2.06. The summed E-state index contributed by atoms with van der Waals surface area (Å²) >= 11 is 0. The molecule has 2 aromatic rings. The van der Waals surface area contributed by atoms with Gasteiger partial charge in [-0.3, -0.25) is 4.79 Å². The van der Waals surface area contributed by atoms with E-state index in [-0.39, 0.29) is 23.9 Å². The van der Waals surface area contributed by atoms with Crippen molar-refractivity contribution in [3.8, 4) is 11.5 Å². The summed E-state index contributed by atoms with van der Waals surface area (Å²) in [4.78, 5) is 12.4. The number of carbonyl (C=O) groups excluding carboxylic acids is 1. The summed E-state index contributed by atoms with van der Waals surface area (Å²) in [6.07, 6.45) is 2.33. The van der Waals surface area contributed by atoms with E-state index in [1.54, 1.807) is 16.8 Å². The van der Waals surface area contributed by atoms with Gasteiger partial charge in [0.15, 0.2) is 11.5 Å². The fourth-order valence-electron chi connectivity index (χ4n) is 2.45. The Kier molecular flexibility index (Phi) is 2.57.